The van der Waals surface area contributed by atoms with Crippen LogP contribution in [0.4, 0.5) is 0 Å². The summed E-state index contributed by atoms with van der Waals surface area (Å²) >= 11 is 1.31. The fraction of sp³-hybridized carbons (Fsp3) is 0.345. The van der Waals surface area contributed by atoms with E-state index >= 15 is 0 Å². The topological polar surface area (TPSA) is 79.1 Å². The van der Waals surface area contributed by atoms with Crippen molar-refractivity contribution in [2.45, 2.75) is 46.6 Å². The first-order chi connectivity index (χ1) is 17.7. The van der Waals surface area contributed by atoms with Gasteiger partial charge in [0.15, 0.2) is 4.80 Å². The first-order valence-electron chi connectivity index (χ1n) is 12.2. The van der Waals surface area contributed by atoms with Gasteiger partial charge in [0.1, 0.15) is 11.5 Å². The van der Waals surface area contributed by atoms with E-state index in [0.29, 0.717) is 26.4 Å². The van der Waals surface area contributed by atoms with Gasteiger partial charge in [-0.15, -0.1) is 0 Å². The molecule has 0 bridgehead atoms. The molecule has 0 N–H and O–H groups in total. The van der Waals surface area contributed by atoms with Crippen molar-refractivity contribution in [3.63, 3.8) is 0 Å². The standard InChI is InChI=1S/C29H32N2O5S/c1-8-36-28(33)25-18(5)30-29-31(26(25)19-9-11-21(34-6)12-10-19)27(32)24(37-29)15-20-14-22(16(2)3)23(35-7)13-17(20)4/h9-16,26H,8H2,1-7H3/b24-15-/t26-/m1/s1. The molecule has 2 aromatic carbocycles. The predicted molar refractivity (Wildman–Crippen MR) is 145 cm³/mol. The van der Waals surface area contributed by atoms with Gasteiger partial charge in [0.25, 0.3) is 5.56 Å². The van der Waals surface area contributed by atoms with Crippen LogP contribution in [0.1, 0.15) is 61.9 Å². The van der Waals surface area contributed by atoms with Crippen molar-refractivity contribution in [3.8, 4) is 11.5 Å². The highest BCUT2D eigenvalue weighted by molar-refractivity contribution is 7.07. The highest BCUT2D eigenvalue weighted by Gasteiger charge is 2.33. The van der Waals surface area contributed by atoms with Crippen molar-refractivity contribution in [1.29, 1.82) is 0 Å². The average Bonchev–Trinajstić information content (AvgIpc) is 3.18. The number of nitrogens with zero attached hydrogens (tertiary/aromatic N) is 2. The van der Waals surface area contributed by atoms with Crippen LogP contribution in [-0.4, -0.2) is 31.4 Å². The van der Waals surface area contributed by atoms with Gasteiger partial charge >= 0.3 is 5.97 Å². The summed E-state index contributed by atoms with van der Waals surface area (Å²) in [4.78, 5) is 32.1. The van der Waals surface area contributed by atoms with E-state index in [1.165, 1.54) is 11.3 Å². The zero-order valence-corrected chi connectivity index (χ0v) is 23.1. The zero-order chi connectivity index (χ0) is 26.9. The molecule has 0 radical (unpaired) electrons. The molecule has 1 aromatic heterocycles. The third-order valence-corrected chi connectivity index (χ3v) is 7.46. The van der Waals surface area contributed by atoms with Gasteiger partial charge in [0.05, 0.1) is 42.7 Å². The Balaban J connectivity index is 1.95. The summed E-state index contributed by atoms with van der Waals surface area (Å²) in [7, 11) is 3.26. The molecule has 0 aliphatic carbocycles. The van der Waals surface area contributed by atoms with Crippen LogP contribution in [-0.2, 0) is 9.53 Å². The lowest BCUT2D eigenvalue weighted by molar-refractivity contribution is -0.139. The van der Waals surface area contributed by atoms with Gasteiger partial charge in [-0.25, -0.2) is 9.79 Å². The van der Waals surface area contributed by atoms with Crippen molar-refractivity contribution in [3.05, 3.63) is 89.6 Å². The second-order valence-electron chi connectivity index (χ2n) is 9.18. The van der Waals surface area contributed by atoms with Gasteiger partial charge in [-0.3, -0.25) is 9.36 Å². The Morgan fingerprint density at radius 3 is 2.43 bits per heavy atom. The van der Waals surface area contributed by atoms with Crippen LogP contribution in [0.25, 0.3) is 6.08 Å². The number of allylic oxidation sites excluding steroid dienone is 1. The van der Waals surface area contributed by atoms with Crippen LogP contribution >= 0.6 is 11.3 Å². The second-order valence-corrected chi connectivity index (χ2v) is 10.2. The van der Waals surface area contributed by atoms with Crippen LogP contribution in [0.2, 0.25) is 0 Å². The second kappa shape index (κ2) is 10.8. The molecular formula is C29H32N2O5S. The van der Waals surface area contributed by atoms with Gasteiger partial charge in [0, 0.05) is 0 Å². The molecule has 0 spiro atoms. The predicted octanol–water partition coefficient (Wildman–Crippen LogP) is 4.25. The van der Waals surface area contributed by atoms with Crippen molar-refractivity contribution in [2.24, 2.45) is 4.99 Å². The molecule has 3 aromatic rings. The Bertz CT molecular complexity index is 1540. The molecule has 0 unspecified atom stereocenters. The third-order valence-electron chi connectivity index (χ3n) is 6.48. The number of thiazole rings is 1. The number of hydrogen-bond acceptors (Lipinski definition) is 7. The first kappa shape index (κ1) is 26.4. The number of aryl methyl sites for hydroxylation is 1. The maximum absolute atomic E-state index is 13.9. The van der Waals surface area contributed by atoms with Crippen molar-refractivity contribution in [1.82, 2.24) is 4.57 Å². The fourth-order valence-electron chi connectivity index (χ4n) is 4.53. The normalized spacial score (nSPS) is 15.5. The summed E-state index contributed by atoms with van der Waals surface area (Å²) in [5.41, 5.74) is 4.47. The smallest absolute Gasteiger partial charge is 0.338 e. The molecule has 2 heterocycles. The lowest BCUT2D eigenvalue weighted by atomic mass is 9.95. The minimum Gasteiger partial charge on any atom is -0.497 e. The molecule has 0 fully saturated rings. The number of fused-ring (bicyclic) bond motifs is 1. The minimum absolute atomic E-state index is 0.208. The van der Waals surface area contributed by atoms with E-state index < -0.39 is 12.0 Å². The van der Waals surface area contributed by atoms with Gasteiger partial charge in [-0.2, -0.15) is 0 Å². The summed E-state index contributed by atoms with van der Waals surface area (Å²) in [6.45, 7) is 9.98. The molecule has 7 nitrogen and oxygen atoms in total. The van der Waals surface area contributed by atoms with Gasteiger partial charge in [0.2, 0.25) is 0 Å². The summed E-state index contributed by atoms with van der Waals surface area (Å²) in [6, 6.07) is 10.8. The zero-order valence-electron chi connectivity index (χ0n) is 22.2. The number of benzene rings is 2. The van der Waals surface area contributed by atoms with Crippen LogP contribution in [0.5, 0.6) is 11.5 Å². The molecule has 0 saturated heterocycles. The van der Waals surface area contributed by atoms with Gasteiger partial charge in [-0.1, -0.05) is 37.3 Å². The van der Waals surface area contributed by atoms with Crippen LogP contribution in [0, 0.1) is 6.92 Å². The maximum Gasteiger partial charge on any atom is 0.338 e. The molecule has 0 amide bonds. The summed E-state index contributed by atoms with van der Waals surface area (Å²) < 4.78 is 18.4. The molecular weight excluding hydrogens is 488 g/mol. The Kier molecular flexibility index (Phi) is 7.68. The van der Waals surface area contributed by atoms with E-state index in [2.05, 4.69) is 24.9 Å². The summed E-state index contributed by atoms with van der Waals surface area (Å²) in [5, 5.41) is 0. The number of aromatic nitrogens is 1. The summed E-state index contributed by atoms with van der Waals surface area (Å²) in [5.74, 6) is 1.30. The Hall–Kier alpha value is -3.65. The molecule has 37 heavy (non-hydrogen) atoms. The van der Waals surface area contributed by atoms with Crippen LogP contribution in [0.15, 0.2) is 57.5 Å². The van der Waals surface area contributed by atoms with Crippen molar-refractivity contribution < 1.29 is 19.0 Å². The monoisotopic (exact) mass is 520 g/mol. The number of hydrogen-bond donors (Lipinski definition) is 0. The largest absolute Gasteiger partial charge is 0.497 e. The Labute approximate surface area is 220 Å². The van der Waals surface area contributed by atoms with E-state index in [4.69, 9.17) is 14.2 Å². The first-order valence-corrected chi connectivity index (χ1v) is 13.0. The molecule has 194 valence electrons. The lowest BCUT2D eigenvalue weighted by Gasteiger charge is -2.24. The van der Waals surface area contributed by atoms with Gasteiger partial charge in [-0.05, 0) is 79.3 Å². The van der Waals surface area contributed by atoms with E-state index in [0.717, 1.165) is 28.0 Å². The molecule has 1 atom stereocenters. The molecule has 4 rings (SSSR count). The highest BCUT2D eigenvalue weighted by Crippen LogP contribution is 2.32. The number of rotatable bonds is 7. The molecule has 1 aliphatic rings. The molecule has 0 saturated carbocycles. The average molecular weight is 521 g/mol. The SMILES string of the molecule is CCOC(=O)C1=C(C)N=c2s/c(=C\c3cc(C(C)C)c(OC)cc3C)c(=O)n2[C@@H]1c1ccc(OC)cc1. The fourth-order valence-corrected chi connectivity index (χ4v) is 5.57. The lowest BCUT2D eigenvalue weighted by Crippen LogP contribution is -2.39. The van der Waals surface area contributed by atoms with E-state index in [1.54, 1.807) is 32.6 Å². The number of carbonyl (C=O) groups is 1. The van der Waals surface area contributed by atoms with Crippen molar-refractivity contribution in [2.75, 3.05) is 20.8 Å². The van der Waals surface area contributed by atoms with E-state index in [9.17, 15) is 9.59 Å². The molecule has 1 aliphatic heterocycles. The van der Waals surface area contributed by atoms with E-state index in [1.807, 2.05) is 43.3 Å². The number of ether oxygens (including phenoxy) is 3. The number of esters is 1. The van der Waals surface area contributed by atoms with E-state index in [-0.39, 0.29) is 18.1 Å². The Morgan fingerprint density at radius 1 is 1.14 bits per heavy atom. The summed E-state index contributed by atoms with van der Waals surface area (Å²) in [6.07, 6.45) is 1.90. The minimum atomic E-state index is -0.661. The van der Waals surface area contributed by atoms with Crippen LogP contribution in [0.3, 0.4) is 0 Å². The quantitative estimate of drug-likeness (QED) is 0.435. The third kappa shape index (κ3) is 4.98. The van der Waals surface area contributed by atoms with Crippen molar-refractivity contribution >= 4 is 23.4 Å². The molecule has 8 heteroatoms. The van der Waals surface area contributed by atoms with Crippen LogP contribution < -0.4 is 24.4 Å². The number of carbonyl (C=O) groups excluding carboxylic acids is 1. The van der Waals surface area contributed by atoms with Gasteiger partial charge < -0.3 is 14.2 Å². The number of methoxy groups -OCH3 is 2. The maximum atomic E-state index is 13.9. The highest BCUT2D eigenvalue weighted by atomic mass is 32.1. The Morgan fingerprint density at radius 2 is 1.84 bits per heavy atom.